The first-order valence-corrected chi connectivity index (χ1v) is 10.0. The highest BCUT2D eigenvalue weighted by Crippen LogP contribution is 2.34. The van der Waals surface area contributed by atoms with Crippen molar-refractivity contribution in [3.05, 3.63) is 35.1 Å². The van der Waals surface area contributed by atoms with Gasteiger partial charge in [0.1, 0.15) is 12.4 Å². The Labute approximate surface area is 171 Å². The van der Waals surface area contributed by atoms with Crippen LogP contribution in [0.15, 0.2) is 18.2 Å². The van der Waals surface area contributed by atoms with Gasteiger partial charge < -0.3 is 19.9 Å². The number of urea groups is 1. The standard InChI is InChI=1S/C20H23F4N3O3/c21-15-3-1-2-14(20(22,23)24)13(15)5-4-12-8-27(9-12)19(29)26-7-6-17-16(10-26)25-18(28)11-30-17/h1-3,12,16-17H,4-11H2,(H,25,28)/t16-,17+/m1/s1/i19-1. The Kier molecular flexibility index (Phi) is 5.61. The van der Waals surface area contributed by atoms with Crippen LogP contribution in [0.25, 0.3) is 0 Å². The zero-order valence-corrected chi connectivity index (χ0v) is 16.3. The van der Waals surface area contributed by atoms with Crippen LogP contribution >= 0.6 is 0 Å². The fourth-order valence-corrected chi connectivity index (χ4v) is 4.41. The van der Waals surface area contributed by atoms with Crippen LogP contribution in [0.2, 0.25) is 0 Å². The lowest BCUT2D eigenvalue weighted by atomic mass is 9.86. The normalized spacial score (nSPS) is 24.9. The second-order valence-corrected chi connectivity index (χ2v) is 8.11. The van der Waals surface area contributed by atoms with Gasteiger partial charge in [-0.1, -0.05) is 6.07 Å². The molecule has 164 valence electrons. The van der Waals surface area contributed by atoms with Crippen LogP contribution in [0.3, 0.4) is 0 Å². The van der Waals surface area contributed by atoms with E-state index in [0.29, 0.717) is 39.0 Å². The third-order valence-corrected chi connectivity index (χ3v) is 6.05. The molecule has 30 heavy (non-hydrogen) atoms. The van der Waals surface area contributed by atoms with Gasteiger partial charge in [-0.05, 0) is 37.3 Å². The Hall–Kier alpha value is -2.36. The van der Waals surface area contributed by atoms with Gasteiger partial charge >= 0.3 is 12.2 Å². The van der Waals surface area contributed by atoms with Crippen LogP contribution in [0.4, 0.5) is 22.4 Å². The summed E-state index contributed by atoms with van der Waals surface area (Å²) in [6, 6.07) is 2.63. The minimum absolute atomic E-state index is 0.0228. The first kappa shape index (κ1) is 20.9. The minimum Gasteiger partial charge on any atom is -0.366 e. The third-order valence-electron chi connectivity index (χ3n) is 6.05. The summed E-state index contributed by atoms with van der Waals surface area (Å²) in [6.07, 6.45) is -3.68. The van der Waals surface area contributed by atoms with E-state index in [1.165, 1.54) is 0 Å². The molecule has 3 heterocycles. The summed E-state index contributed by atoms with van der Waals surface area (Å²) < 4.78 is 58.7. The number of benzene rings is 1. The van der Waals surface area contributed by atoms with Gasteiger partial charge in [-0.2, -0.15) is 13.2 Å². The molecule has 2 atom stereocenters. The largest absolute Gasteiger partial charge is 0.416 e. The number of hydrogen-bond donors (Lipinski definition) is 1. The summed E-state index contributed by atoms with van der Waals surface area (Å²) in [4.78, 5) is 27.5. The number of nitrogens with zero attached hydrogens (tertiary/aromatic N) is 2. The van der Waals surface area contributed by atoms with Gasteiger partial charge in [-0.25, -0.2) is 9.18 Å². The van der Waals surface area contributed by atoms with E-state index in [9.17, 15) is 27.2 Å². The maximum absolute atomic E-state index is 14.0. The van der Waals surface area contributed by atoms with E-state index in [1.807, 2.05) is 0 Å². The molecule has 0 aliphatic carbocycles. The Morgan fingerprint density at radius 2 is 1.97 bits per heavy atom. The Morgan fingerprint density at radius 1 is 1.20 bits per heavy atom. The van der Waals surface area contributed by atoms with Crippen LogP contribution in [0, 0.1) is 11.7 Å². The van der Waals surface area contributed by atoms with Crippen molar-refractivity contribution in [2.24, 2.45) is 5.92 Å². The number of nitrogens with one attached hydrogen (secondary N) is 1. The van der Waals surface area contributed by atoms with Crippen LogP contribution in [0.1, 0.15) is 24.0 Å². The fourth-order valence-electron chi connectivity index (χ4n) is 4.41. The molecule has 3 saturated heterocycles. The zero-order chi connectivity index (χ0) is 21.5. The minimum atomic E-state index is -4.59. The highest BCUT2D eigenvalue weighted by molar-refractivity contribution is 5.79. The predicted octanol–water partition coefficient (Wildman–Crippen LogP) is 2.42. The average Bonchev–Trinajstić information content (AvgIpc) is 2.66. The first-order chi connectivity index (χ1) is 14.2. The number of hydrogen-bond acceptors (Lipinski definition) is 3. The summed E-state index contributed by atoms with van der Waals surface area (Å²) in [5.74, 6) is -1.01. The van der Waals surface area contributed by atoms with Crippen molar-refractivity contribution in [2.75, 3.05) is 32.8 Å². The molecular weight excluding hydrogens is 405 g/mol. The molecule has 0 bridgehead atoms. The van der Waals surface area contributed by atoms with Crippen LogP contribution in [-0.2, 0) is 22.1 Å². The molecule has 6 nitrogen and oxygen atoms in total. The van der Waals surface area contributed by atoms with Crippen LogP contribution in [0.5, 0.6) is 0 Å². The summed E-state index contributed by atoms with van der Waals surface area (Å²) in [7, 11) is 0. The zero-order valence-electron chi connectivity index (χ0n) is 16.3. The van der Waals surface area contributed by atoms with Gasteiger partial charge in [0.2, 0.25) is 5.91 Å². The maximum Gasteiger partial charge on any atom is 0.416 e. The van der Waals surface area contributed by atoms with Crippen molar-refractivity contribution >= 4 is 11.9 Å². The fraction of sp³-hybridized carbons (Fsp3) is 0.600. The topological polar surface area (TPSA) is 61.9 Å². The van der Waals surface area contributed by atoms with Crippen LogP contribution < -0.4 is 5.32 Å². The number of rotatable bonds is 3. The summed E-state index contributed by atoms with van der Waals surface area (Å²) in [5.41, 5.74) is -1.25. The Bertz CT molecular complexity index is 826. The molecule has 3 amide bonds. The van der Waals surface area contributed by atoms with Crippen molar-refractivity contribution in [1.82, 2.24) is 15.1 Å². The van der Waals surface area contributed by atoms with Gasteiger partial charge in [0.05, 0.1) is 17.7 Å². The van der Waals surface area contributed by atoms with Gasteiger partial charge in [0.25, 0.3) is 0 Å². The molecule has 4 rings (SSSR count). The van der Waals surface area contributed by atoms with Crippen molar-refractivity contribution in [1.29, 1.82) is 0 Å². The molecule has 0 aromatic heterocycles. The van der Waals surface area contributed by atoms with Crippen molar-refractivity contribution in [3.8, 4) is 0 Å². The number of ether oxygens (including phenoxy) is 1. The number of alkyl halides is 3. The molecule has 0 saturated carbocycles. The number of fused-ring (bicyclic) bond motifs is 1. The van der Waals surface area contributed by atoms with E-state index >= 15 is 0 Å². The molecular formula is C20H23F4N3O3. The number of morpholine rings is 1. The third kappa shape index (κ3) is 4.23. The smallest absolute Gasteiger partial charge is 0.366 e. The SMILES string of the molecule is O=C1CO[C@H]2CCN([11C](=O)N3CC(CCc4c(F)cccc4C(F)(F)F)C3)C[C@H]2N1. The summed E-state index contributed by atoms with van der Waals surface area (Å²) >= 11 is 0. The Balaban J connectivity index is 1.28. The number of amides is 3. The summed E-state index contributed by atoms with van der Waals surface area (Å²) in [6.45, 7) is 1.81. The monoisotopic (exact) mass is 428 g/mol. The lowest BCUT2D eigenvalue weighted by Crippen LogP contribution is -2.64. The number of carbonyl (C=O) groups is 2. The van der Waals surface area contributed by atoms with E-state index in [4.69, 9.17) is 4.74 Å². The first-order valence-electron chi connectivity index (χ1n) is 10.0. The highest BCUT2D eigenvalue weighted by Gasteiger charge is 2.40. The number of carbonyl (C=O) groups excluding carboxylic acids is 2. The van der Waals surface area contributed by atoms with E-state index in [1.54, 1.807) is 9.80 Å². The Morgan fingerprint density at radius 3 is 2.70 bits per heavy atom. The summed E-state index contributed by atoms with van der Waals surface area (Å²) in [5, 5.41) is 2.84. The van der Waals surface area contributed by atoms with Crippen molar-refractivity contribution in [2.45, 2.75) is 37.6 Å². The van der Waals surface area contributed by atoms with E-state index < -0.39 is 17.6 Å². The lowest BCUT2D eigenvalue weighted by molar-refractivity contribution is -0.140. The number of piperidine rings is 1. The second-order valence-electron chi connectivity index (χ2n) is 8.11. The molecule has 0 unspecified atom stereocenters. The van der Waals surface area contributed by atoms with Gasteiger partial charge in [-0.3, -0.25) is 4.79 Å². The van der Waals surface area contributed by atoms with Gasteiger partial charge in [0.15, 0.2) is 0 Å². The molecule has 0 spiro atoms. The van der Waals surface area contributed by atoms with E-state index in [0.717, 1.165) is 18.2 Å². The molecule has 1 aromatic rings. The van der Waals surface area contributed by atoms with Gasteiger partial charge in [-0.15, -0.1) is 0 Å². The number of likely N-dealkylation sites (tertiary alicyclic amines) is 2. The van der Waals surface area contributed by atoms with E-state index in [2.05, 4.69) is 5.32 Å². The molecule has 1 aromatic carbocycles. The molecule has 0 radical (unpaired) electrons. The highest BCUT2D eigenvalue weighted by atomic mass is 19.4. The molecule has 3 fully saturated rings. The molecule has 10 heteroatoms. The molecule has 3 aliphatic rings. The maximum atomic E-state index is 14.0. The van der Waals surface area contributed by atoms with Crippen molar-refractivity contribution in [3.63, 3.8) is 0 Å². The predicted molar refractivity (Wildman–Crippen MR) is 98.0 cm³/mol. The second kappa shape index (κ2) is 8.05. The molecule has 3 aliphatic heterocycles. The van der Waals surface area contributed by atoms with E-state index in [-0.39, 0.29) is 48.6 Å². The van der Waals surface area contributed by atoms with Crippen molar-refractivity contribution < 1.29 is 31.9 Å². The average molecular weight is 428 g/mol. The quantitative estimate of drug-likeness (QED) is 0.753. The van der Waals surface area contributed by atoms with Crippen LogP contribution in [-0.4, -0.2) is 66.7 Å². The molecule has 1 N–H and O–H groups in total. The lowest BCUT2D eigenvalue weighted by Gasteiger charge is -2.46. The number of halogens is 4. The van der Waals surface area contributed by atoms with Gasteiger partial charge in [0, 0.05) is 31.7 Å².